The zero-order chi connectivity index (χ0) is 18.8. The van der Waals surface area contributed by atoms with Crippen molar-refractivity contribution in [1.82, 2.24) is 0 Å². The van der Waals surface area contributed by atoms with Crippen molar-refractivity contribution in [3.8, 4) is 0 Å². The Labute approximate surface area is 161 Å². The number of rotatable bonds is 8. The van der Waals surface area contributed by atoms with Crippen molar-refractivity contribution in [2.75, 3.05) is 6.61 Å². The van der Waals surface area contributed by atoms with Gasteiger partial charge in [0, 0.05) is 11.8 Å². The van der Waals surface area contributed by atoms with Gasteiger partial charge in [-0.3, -0.25) is 0 Å². The van der Waals surface area contributed by atoms with Crippen LogP contribution in [-0.4, -0.2) is 23.9 Å². The van der Waals surface area contributed by atoms with Crippen LogP contribution in [0.3, 0.4) is 0 Å². The van der Waals surface area contributed by atoms with E-state index in [-0.39, 0.29) is 18.1 Å². The van der Waals surface area contributed by atoms with Gasteiger partial charge in [-0.2, -0.15) is 0 Å². The van der Waals surface area contributed by atoms with Gasteiger partial charge in [0.05, 0.1) is 18.8 Å². The van der Waals surface area contributed by atoms with Crippen molar-refractivity contribution in [2.24, 2.45) is 35.5 Å². The lowest BCUT2D eigenvalue weighted by molar-refractivity contribution is -0.0345. The van der Waals surface area contributed by atoms with Crippen molar-refractivity contribution in [3.05, 3.63) is 23.3 Å². The lowest BCUT2D eigenvalue weighted by Gasteiger charge is -2.33. The van der Waals surface area contributed by atoms with E-state index in [2.05, 4.69) is 46.8 Å². The Bertz CT molecular complexity index is 532. The van der Waals surface area contributed by atoms with Crippen LogP contribution in [0.5, 0.6) is 0 Å². The largest absolute Gasteiger partial charge is 0.393 e. The Morgan fingerprint density at radius 3 is 2.54 bits per heavy atom. The normalized spacial score (nSPS) is 32.5. The van der Waals surface area contributed by atoms with Crippen molar-refractivity contribution in [3.63, 3.8) is 0 Å². The summed E-state index contributed by atoms with van der Waals surface area (Å²) < 4.78 is 6.45. The molecule has 0 saturated carbocycles. The van der Waals surface area contributed by atoms with Gasteiger partial charge in [-0.15, -0.1) is 0 Å². The topological polar surface area (TPSA) is 29.5 Å². The Balaban J connectivity index is 1.57. The zero-order valence-corrected chi connectivity index (χ0v) is 17.6. The Morgan fingerprint density at radius 2 is 1.81 bits per heavy atom. The average Bonchev–Trinajstić information content (AvgIpc) is 3.19. The molecule has 0 fully saturated rings. The lowest BCUT2D eigenvalue weighted by Crippen LogP contribution is -2.34. The first-order valence-corrected chi connectivity index (χ1v) is 11.1. The molecular weight excluding hydrogens is 320 g/mol. The predicted octanol–water partition coefficient (Wildman–Crippen LogP) is 5.76. The smallest absolute Gasteiger partial charge is 0.0576 e. The Hall–Kier alpha value is -0.600. The van der Waals surface area contributed by atoms with Gasteiger partial charge in [-0.25, -0.2) is 0 Å². The van der Waals surface area contributed by atoms with Crippen LogP contribution in [0.4, 0.5) is 0 Å². The van der Waals surface area contributed by atoms with Gasteiger partial charge in [0.2, 0.25) is 0 Å². The van der Waals surface area contributed by atoms with Crippen LogP contribution in [-0.2, 0) is 4.74 Å². The molecular formula is C24H40O2. The molecule has 26 heavy (non-hydrogen) atoms. The number of aliphatic hydroxyl groups is 1. The second-order valence-electron chi connectivity index (χ2n) is 9.66. The SMILES string of the molecule is CC(C)CC(O)C(C)[C@H](C)C(C)OCC1C2=C(CCC2)C2C=CCCC21. The minimum Gasteiger partial charge on any atom is -0.393 e. The molecule has 0 amide bonds. The fourth-order valence-electron chi connectivity index (χ4n) is 5.64. The maximum absolute atomic E-state index is 10.5. The molecule has 3 aliphatic carbocycles. The van der Waals surface area contributed by atoms with Crippen molar-refractivity contribution in [2.45, 2.75) is 85.4 Å². The number of hydrogen-bond donors (Lipinski definition) is 1. The molecule has 0 spiro atoms. The molecule has 0 aromatic carbocycles. The molecule has 0 saturated heterocycles. The van der Waals surface area contributed by atoms with Crippen LogP contribution < -0.4 is 0 Å². The van der Waals surface area contributed by atoms with Crippen molar-refractivity contribution in [1.29, 1.82) is 0 Å². The molecule has 3 aliphatic rings. The number of aliphatic hydroxyl groups excluding tert-OH is 1. The molecule has 2 nitrogen and oxygen atoms in total. The maximum Gasteiger partial charge on any atom is 0.0576 e. The quantitative estimate of drug-likeness (QED) is 0.557. The molecule has 7 atom stereocenters. The van der Waals surface area contributed by atoms with Crippen LogP contribution in [0.25, 0.3) is 0 Å². The summed E-state index contributed by atoms with van der Waals surface area (Å²) in [5.74, 6) is 3.35. The van der Waals surface area contributed by atoms with E-state index in [1.807, 2.05) is 0 Å². The van der Waals surface area contributed by atoms with Crippen LogP contribution in [0, 0.1) is 35.5 Å². The van der Waals surface area contributed by atoms with E-state index in [9.17, 15) is 5.11 Å². The highest BCUT2D eigenvalue weighted by Crippen LogP contribution is 2.53. The Kier molecular flexibility index (Phi) is 6.67. The molecule has 0 aromatic heterocycles. The predicted molar refractivity (Wildman–Crippen MR) is 109 cm³/mol. The molecule has 0 heterocycles. The fraction of sp³-hybridized carbons (Fsp3) is 0.833. The molecule has 3 rings (SSSR count). The van der Waals surface area contributed by atoms with E-state index in [4.69, 9.17) is 4.74 Å². The van der Waals surface area contributed by atoms with Crippen LogP contribution >= 0.6 is 0 Å². The van der Waals surface area contributed by atoms with E-state index in [1.54, 1.807) is 11.1 Å². The van der Waals surface area contributed by atoms with Crippen molar-refractivity contribution >= 4 is 0 Å². The van der Waals surface area contributed by atoms with E-state index in [0.717, 1.165) is 24.9 Å². The fourth-order valence-corrected chi connectivity index (χ4v) is 5.64. The third-order valence-corrected chi connectivity index (χ3v) is 7.57. The molecule has 0 aromatic rings. The average molecular weight is 361 g/mol. The summed E-state index contributed by atoms with van der Waals surface area (Å²) in [6.07, 6.45) is 12.3. The van der Waals surface area contributed by atoms with E-state index >= 15 is 0 Å². The molecule has 0 bridgehead atoms. The van der Waals surface area contributed by atoms with Gasteiger partial charge < -0.3 is 9.84 Å². The summed E-state index contributed by atoms with van der Waals surface area (Å²) in [4.78, 5) is 0. The first-order valence-electron chi connectivity index (χ1n) is 11.1. The minimum atomic E-state index is -0.223. The molecule has 1 N–H and O–H groups in total. The Morgan fingerprint density at radius 1 is 1.08 bits per heavy atom. The van der Waals surface area contributed by atoms with E-state index in [1.165, 1.54) is 32.1 Å². The maximum atomic E-state index is 10.5. The lowest BCUT2D eigenvalue weighted by atomic mass is 9.77. The van der Waals surface area contributed by atoms with E-state index < -0.39 is 0 Å². The number of hydrogen-bond acceptors (Lipinski definition) is 2. The van der Waals surface area contributed by atoms with Gasteiger partial charge in [0.1, 0.15) is 0 Å². The summed E-state index contributed by atoms with van der Waals surface area (Å²) in [6, 6.07) is 0. The third-order valence-electron chi connectivity index (χ3n) is 7.57. The molecule has 0 radical (unpaired) electrons. The molecule has 148 valence electrons. The molecule has 0 aliphatic heterocycles. The standard InChI is InChI=1S/C24H40O2/c1-15(2)13-24(25)17(4)16(3)18(5)26-14-23-21-10-7-6-9-19(21)20-11-8-12-22(20)23/h6,9,15-19,21,23-25H,7-8,10-14H2,1-5H3/t16-,17?,18?,19?,21?,23?,24?/m0/s1. The van der Waals surface area contributed by atoms with Crippen LogP contribution in [0.2, 0.25) is 0 Å². The molecule has 2 heteroatoms. The summed E-state index contributed by atoms with van der Waals surface area (Å²) >= 11 is 0. The number of allylic oxidation sites excluding steroid dienone is 3. The highest BCUT2D eigenvalue weighted by atomic mass is 16.5. The first-order chi connectivity index (χ1) is 12.4. The van der Waals surface area contributed by atoms with Crippen LogP contribution in [0.1, 0.15) is 73.1 Å². The highest BCUT2D eigenvalue weighted by Gasteiger charge is 2.43. The third kappa shape index (κ3) is 4.12. The summed E-state index contributed by atoms with van der Waals surface area (Å²) in [7, 11) is 0. The van der Waals surface area contributed by atoms with Gasteiger partial charge in [-0.05, 0) is 69.1 Å². The summed E-state index contributed by atoms with van der Waals surface area (Å²) in [6.45, 7) is 11.9. The highest BCUT2D eigenvalue weighted by molar-refractivity contribution is 5.36. The minimum absolute atomic E-state index is 0.204. The first kappa shape index (κ1) is 20.1. The zero-order valence-electron chi connectivity index (χ0n) is 17.6. The number of fused-ring (bicyclic) bond motifs is 2. The monoisotopic (exact) mass is 360 g/mol. The van der Waals surface area contributed by atoms with Gasteiger partial charge >= 0.3 is 0 Å². The number of ether oxygens (including phenoxy) is 1. The van der Waals surface area contributed by atoms with Gasteiger partial charge in [0.25, 0.3) is 0 Å². The molecule has 6 unspecified atom stereocenters. The van der Waals surface area contributed by atoms with Gasteiger partial charge in [0.15, 0.2) is 0 Å². The second-order valence-corrected chi connectivity index (χ2v) is 9.66. The van der Waals surface area contributed by atoms with E-state index in [0.29, 0.717) is 17.8 Å². The van der Waals surface area contributed by atoms with Crippen molar-refractivity contribution < 1.29 is 9.84 Å². The van der Waals surface area contributed by atoms with Gasteiger partial charge in [-0.1, -0.05) is 51.0 Å². The second kappa shape index (κ2) is 8.61. The van der Waals surface area contributed by atoms with Crippen LogP contribution in [0.15, 0.2) is 23.3 Å². The summed E-state index contributed by atoms with van der Waals surface area (Å²) in [5.41, 5.74) is 3.51. The summed E-state index contributed by atoms with van der Waals surface area (Å²) in [5, 5.41) is 10.5.